The lowest BCUT2D eigenvalue weighted by atomic mass is 9.89. The Bertz CT molecular complexity index is 243. The van der Waals surface area contributed by atoms with Crippen molar-refractivity contribution in [1.29, 1.82) is 0 Å². The fraction of sp³-hybridized carbons (Fsp3) is 1.00. The molecule has 92 valence electrons. The van der Waals surface area contributed by atoms with Crippen molar-refractivity contribution >= 4 is 0 Å². The second kappa shape index (κ2) is 4.63. The average molecular weight is 226 g/mol. The van der Waals surface area contributed by atoms with Gasteiger partial charge in [-0.2, -0.15) is 0 Å². The Morgan fingerprint density at radius 1 is 1.12 bits per heavy atom. The van der Waals surface area contributed by atoms with Gasteiger partial charge in [0.2, 0.25) is 0 Å². The zero-order valence-electron chi connectivity index (χ0n) is 10.1. The van der Waals surface area contributed by atoms with E-state index in [1.165, 1.54) is 25.7 Å². The minimum absolute atomic E-state index is 0.0620. The fourth-order valence-corrected chi connectivity index (χ4v) is 2.98. The van der Waals surface area contributed by atoms with Gasteiger partial charge in [-0.05, 0) is 25.7 Å². The highest BCUT2D eigenvalue weighted by atomic mass is 16.7. The first kappa shape index (κ1) is 11.0. The average Bonchev–Trinajstić information content (AvgIpc) is 2.94. The van der Waals surface area contributed by atoms with Gasteiger partial charge in [-0.25, -0.2) is 0 Å². The molecule has 0 spiro atoms. The molecule has 2 aliphatic heterocycles. The summed E-state index contributed by atoms with van der Waals surface area (Å²) in [6, 6.07) is 0. The van der Waals surface area contributed by atoms with Crippen molar-refractivity contribution in [1.82, 2.24) is 0 Å². The monoisotopic (exact) mass is 226 g/mol. The summed E-state index contributed by atoms with van der Waals surface area (Å²) in [5.74, 6) is 0.579. The van der Waals surface area contributed by atoms with Crippen LogP contribution in [-0.4, -0.2) is 31.2 Å². The third-order valence-electron chi connectivity index (χ3n) is 4.08. The van der Waals surface area contributed by atoms with E-state index in [0.717, 1.165) is 19.4 Å². The zero-order valence-corrected chi connectivity index (χ0v) is 10.1. The van der Waals surface area contributed by atoms with Crippen molar-refractivity contribution in [2.24, 2.45) is 5.92 Å². The van der Waals surface area contributed by atoms with E-state index >= 15 is 0 Å². The highest BCUT2D eigenvalue weighted by Crippen LogP contribution is 2.42. The van der Waals surface area contributed by atoms with Gasteiger partial charge >= 0.3 is 0 Å². The van der Waals surface area contributed by atoms with Crippen LogP contribution in [0.2, 0.25) is 0 Å². The summed E-state index contributed by atoms with van der Waals surface area (Å²) in [7, 11) is 0. The van der Waals surface area contributed by atoms with Gasteiger partial charge in [-0.15, -0.1) is 0 Å². The maximum atomic E-state index is 5.99. The minimum Gasteiger partial charge on any atom is -0.370 e. The molecule has 0 aromatic carbocycles. The molecule has 3 fully saturated rings. The van der Waals surface area contributed by atoms with Crippen molar-refractivity contribution in [2.75, 3.05) is 6.61 Å². The molecule has 0 N–H and O–H groups in total. The van der Waals surface area contributed by atoms with E-state index in [9.17, 15) is 0 Å². The van der Waals surface area contributed by atoms with E-state index in [2.05, 4.69) is 6.92 Å². The summed E-state index contributed by atoms with van der Waals surface area (Å²) >= 11 is 0. The number of unbranched alkanes of at least 4 members (excludes halogenated alkanes) is 1. The van der Waals surface area contributed by atoms with E-state index < -0.39 is 0 Å². The van der Waals surface area contributed by atoms with Gasteiger partial charge in [0.05, 0.1) is 24.9 Å². The van der Waals surface area contributed by atoms with Crippen molar-refractivity contribution in [3.63, 3.8) is 0 Å². The number of epoxide rings is 1. The van der Waals surface area contributed by atoms with Gasteiger partial charge in [-0.1, -0.05) is 19.8 Å². The van der Waals surface area contributed by atoms with Crippen LogP contribution < -0.4 is 0 Å². The van der Waals surface area contributed by atoms with Crippen LogP contribution in [0.3, 0.4) is 0 Å². The summed E-state index contributed by atoms with van der Waals surface area (Å²) in [4.78, 5) is 0. The molecule has 2 heterocycles. The van der Waals surface area contributed by atoms with Crippen LogP contribution in [0.15, 0.2) is 0 Å². The van der Waals surface area contributed by atoms with E-state index in [0.29, 0.717) is 24.2 Å². The summed E-state index contributed by atoms with van der Waals surface area (Å²) in [5, 5.41) is 0. The van der Waals surface area contributed by atoms with E-state index in [1.54, 1.807) is 0 Å². The third-order valence-corrected chi connectivity index (χ3v) is 4.08. The van der Waals surface area contributed by atoms with Crippen LogP contribution >= 0.6 is 0 Å². The van der Waals surface area contributed by atoms with Crippen molar-refractivity contribution < 1.29 is 14.2 Å². The molecule has 1 saturated carbocycles. The first-order valence-electron chi connectivity index (χ1n) is 6.79. The molecule has 5 unspecified atom stereocenters. The SMILES string of the molecule is CCCCC1COC(C2CCC3OC3C2)O1. The molecule has 3 nitrogen and oxygen atoms in total. The first-order chi connectivity index (χ1) is 7.86. The topological polar surface area (TPSA) is 31.0 Å². The van der Waals surface area contributed by atoms with Crippen LogP contribution in [0, 0.1) is 5.92 Å². The maximum Gasteiger partial charge on any atom is 0.161 e. The van der Waals surface area contributed by atoms with E-state index in [-0.39, 0.29) is 6.29 Å². The Morgan fingerprint density at radius 2 is 2.06 bits per heavy atom. The summed E-state index contributed by atoms with van der Waals surface area (Å²) in [6.07, 6.45) is 8.73. The predicted octanol–water partition coefficient (Wildman–Crippen LogP) is 2.49. The number of fused-ring (bicyclic) bond motifs is 1. The molecule has 16 heavy (non-hydrogen) atoms. The van der Waals surface area contributed by atoms with Gasteiger partial charge < -0.3 is 14.2 Å². The number of rotatable bonds is 4. The highest BCUT2D eigenvalue weighted by molar-refractivity contribution is 4.93. The highest BCUT2D eigenvalue weighted by Gasteiger charge is 2.47. The van der Waals surface area contributed by atoms with Crippen LogP contribution in [0.4, 0.5) is 0 Å². The van der Waals surface area contributed by atoms with Gasteiger partial charge in [0.15, 0.2) is 6.29 Å². The Balaban J connectivity index is 1.45. The molecule has 0 aromatic heterocycles. The summed E-state index contributed by atoms with van der Waals surface area (Å²) < 4.78 is 17.3. The molecule has 2 saturated heterocycles. The Hall–Kier alpha value is -0.120. The number of ether oxygens (including phenoxy) is 3. The molecule has 1 aliphatic carbocycles. The van der Waals surface area contributed by atoms with Gasteiger partial charge in [0, 0.05) is 5.92 Å². The Labute approximate surface area is 97.4 Å². The van der Waals surface area contributed by atoms with Crippen LogP contribution in [0.25, 0.3) is 0 Å². The Morgan fingerprint density at radius 3 is 2.88 bits per heavy atom. The molecule has 5 atom stereocenters. The van der Waals surface area contributed by atoms with Crippen LogP contribution in [-0.2, 0) is 14.2 Å². The molecule has 3 aliphatic rings. The minimum atomic E-state index is 0.0620. The lowest BCUT2D eigenvalue weighted by Gasteiger charge is -2.24. The maximum absolute atomic E-state index is 5.99. The molecule has 3 heteroatoms. The second-order valence-corrected chi connectivity index (χ2v) is 5.39. The standard InChI is InChI=1S/C13H22O3/c1-2-3-4-10-8-14-13(15-10)9-5-6-11-12(7-9)16-11/h9-13H,2-8H2,1H3. The quantitative estimate of drug-likeness (QED) is 0.690. The third kappa shape index (κ3) is 2.27. The molecule has 0 aromatic rings. The van der Waals surface area contributed by atoms with Crippen molar-refractivity contribution in [3.05, 3.63) is 0 Å². The normalized spacial score (nSPS) is 46.7. The van der Waals surface area contributed by atoms with Gasteiger partial charge in [0.1, 0.15) is 0 Å². The fourth-order valence-electron chi connectivity index (χ4n) is 2.98. The van der Waals surface area contributed by atoms with Crippen molar-refractivity contribution in [3.8, 4) is 0 Å². The van der Waals surface area contributed by atoms with Crippen LogP contribution in [0.1, 0.15) is 45.4 Å². The number of hydrogen-bond donors (Lipinski definition) is 0. The van der Waals surface area contributed by atoms with E-state index in [4.69, 9.17) is 14.2 Å². The lowest BCUT2D eigenvalue weighted by Crippen LogP contribution is -2.27. The van der Waals surface area contributed by atoms with Crippen molar-refractivity contribution in [2.45, 2.75) is 70.1 Å². The van der Waals surface area contributed by atoms with Gasteiger partial charge in [-0.3, -0.25) is 0 Å². The number of hydrogen-bond acceptors (Lipinski definition) is 3. The molecule has 0 amide bonds. The molecule has 3 rings (SSSR count). The zero-order chi connectivity index (χ0) is 11.0. The van der Waals surface area contributed by atoms with Gasteiger partial charge in [0.25, 0.3) is 0 Å². The molecular weight excluding hydrogens is 204 g/mol. The largest absolute Gasteiger partial charge is 0.370 e. The molecular formula is C13H22O3. The summed E-state index contributed by atoms with van der Waals surface area (Å²) in [6.45, 7) is 3.02. The predicted molar refractivity (Wildman–Crippen MR) is 60.1 cm³/mol. The second-order valence-electron chi connectivity index (χ2n) is 5.39. The van der Waals surface area contributed by atoms with Crippen LogP contribution in [0.5, 0.6) is 0 Å². The Kier molecular flexibility index (Phi) is 3.18. The molecule has 0 bridgehead atoms. The molecule has 0 radical (unpaired) electrons. The first-order valence-corrected chi connectivity index (χ1v) is 6.79. The smallest absolute Gasteiger partial charge is 0.161 e. The van der Waals surface area contributed by atoms with E-state index in [1.807, 2.05) is 0 Å². The lowest BCUT2D eigenvalue weighted by molar-refractivity contribution is -0.104. The summed E-state index contributed by atoms with van der Waals surface area (Å²) in [5.41, 5.74) is 0.